The van der Waals surface area contributed by atoms with E-state index in [1.165, 1.54) is 0 Å². The van der Waals surface area contributed by atoms with E-state index in [9.17, 15) is 0 Å². The molecule has 2 aromatic carbocycles. The predicted octanol–water partition coefficient (Wildman–Crippen LogP) is 3.76. The molecule has 130 valence electrons. The summed E-state index contributed by atoms with van der Waals surface area (Å²) in [6.07, 6.45) is 8.43. The minimum atomic E-state index is 0.247. The average Bonchev–Trinajstić information content (AvgIpc) is 3.36. The topological polar surface area (TPSA) is 39.1 Å². The predicted molar refractivity (Wildman–Crippen MR) is 104 cm³/mol. The first-order valence-corrected chi connectivity index (χ1v) is 8.87. The average molecular weight is 343 g/mol. The minimum absolute atomic E-state index is 0.247. The fourth-order valence-corrected chi connectivity index (χ4v) is 3.50. The molecule has 0 spiro atoms. The van der Waals surface area contributed by atoms with Gasteiger partial charge in [-0.1, -0.05) is 48.4 Å². The summed E-state index contributed by atoms with van der Waals surface area (Å²) in [7, 11) is 0. The van der Waals surface area contributed by atoms with Crippen LogP contribution in [0.3, 0.4) is 0 Å². The molecule has 1 aliphatic heterocycles. The molecule has 1 aliphatic rings. The van der Waals surface area contributed by atoms with Gasteiger partial charge in [0.25, 0.3) is 0 Å². The molecule has 0 unspecified atom stereocenters. The summed E-state index contributed by atoms with van der Waals surface area (Å²) < 4.78 is 8.10. The molecule has 0 bridgehead atoms. The lowest BCUT2D eigenvalue weighted by atomic mass is 10.0. The van der Waals surface area contributed by atoms with Gasteiger partial charge in [0.05, 0.1) is 17.7 Å². The van der Waals surface area contributed by atoms with Crippen molar-refractivity contribution in [3.8, 4) is 40.6 Å². The molecule has 1 aromatic heterocycles. The van der Waals surface area contributed by atoms with Gasteiger partial charge in [0, 0.05) is 23.7 Å². The Morgan fingerprint density at radius 2 is 1.96 bits per heavy atom. The number of hydrogen-bond acceptors (Lipinski definition) is 3. The molecule has 26 heavy (non-hydrogen) atoms. The Morgan fingerprint density at radius 1 is 1.15 bits per heavy atom. The van der Waals surface area contributed by atoms with Crippen molar-refractivity contribution in [2.24, 2.45) is 0 Å². The molecule has 1 fully saturated rings. The second-order valence-corrected chi connectivity index (χ2v) is 6.35. The van der Waals surface area contributed by atoms with Gasteiger partial charge < -0.3 is 14.6 Å². The highest BCUT2D eigenvalue weighted by molar-refractivity contribution is 5.81. The van der Waals surface area contributed by atoms with E-state index in [0.717, 1.165) is 47.8 Å². The zero-order valence-electron chi connectivity index (χ0n) is 14.6. The number of terminal acetylenes is 1. The zero-order chi connectivity index (χ0) is 17.8. The molecule has 4 nitrogen and oxygen atoms in total. The van der Waals surface area contributed by atoms with Crippen LogP contribution in [0.5, 0.6) is 5.75 Å². The normalized spacial score (nSPS) is 16.3. The van der Waals surface area contributed by atoms with Crippen molar-refractivity contribution in [2.45, 2.75) is 12.5 Å². The first-order valence-electron chi connectivity index (χ1n) is 8.87. The molecule has 1 N–H and O–H groups in total. The molecule has 0 aliphatic carbocycles. The molecule has 4 heteroatoms. The van der Waals surface area contributed by atoms with Gasteiger partial charge in [0.1, 0.15) is 12.4 Å². The standard InChI is InChI=1S/C22H21N3O/c1-2-14-26-20-11-7-6-10-19(20)22-21(17-8-4-3-5-9-17)24-16-25(22)18-12-13-23-15-18/h1,3-11,16,18,23H,12-15H2/t18-/m1/s1. The molecule has 0 amide bonds. The van der Waals surface area contributed by atoms with E-state index < -0.39 is 0 Å². The van der Waals surface area contributed by atoms with E-state index in [-0.39, 0.29) is 6.61 Å². The van der Waals surface area contributed by atoms with Gasteiger partial charge in [0.15, 0.2) is 0 Å². The first kappa shape index (κ1) is 16.4. The smallest absolute Gasteiger partial charge is 0.148 e. The molecular weight excluding hydrogens is 322 g/mol. The molecule has 2 heterocycles. The third kappa shape index (κ3) is 3.10. The maximum Gasteiger partial charge on any atom is 0.148 e. The highest BCUT2D eigenvalue weighted by Gasteiger charge is 2.24. The maximum atomic E-state index is 5.83. The summed E-state index contributed by atoms with van der Waals surface area (Å²) in [6, 6.07) is 18.7. The zero-order valence-corrected chi connectivity index (χ0v) is 14.6. The Labute approximate surface area is 153 Å². The second kappa shape index (κ2) is 7.47. The quantitative estimate of drug-likeness (QED) is 0.717. The van der Waals surface area contributed by atoms with E-state index in [2.05, 4.69) is 34.0 Å². The molecule has 3 aromatic rings. The Morgan fingerprint density at radius 3 is 2.73 bits per heavy atom. The Bertz CT molecular complexity index is 918. The van der Waals surface area contributed by atoms with Crippen LogP contribution >= 0.6 is 0 Å². The van der Waals surface area contributed by atoms with Crippen LogP contribution in [-0.4, -0.2) is 29.2 Å². The van der Waals surface area contributed by atoms with Crippen molar-refractivity contribution in [3.05, 3.63) is 60.9 Å². The highest BCUT2D eigenvalue weighted by atomic mass is 16.5. The summed E-state index contributed by atoms with van der Waals surface area (Å²) in [6.45, 7) is 2.22. The largest absolute Gasteiger partial charge is 0.480 e. The lowest BCUT2D eigenvalue weighted by Crippen LogP contribution is -2.14. The van der Waals surface area contributed by atoms with Crippen molar-refractivity contribution in [3.63, 3.8) is 0 Å². The second-order valence-electron chi connectivity index (χ2n) is 6.35. The van der Waals surface area contributed by atoms with Gasteiger partial charge in [-0.05, 0) is 25.1 Å². The van der Waals surface area contributed by atoms with Crippen LogP contribution in [0.25, 0.3) is 22.5 Å². The van der Waals surface area contributed by atoms with Gasteiger partial charge in [0.2, 0.25) is 0 Å². The lowest BCUT2D eigenvalue weighted by molar-refractivity contribution is 0.371. The Kier molecular flexibility index (Phi) is 4.72. The number of nitrogens with one attached hydrogen (secondary N) is 1. The third-order valence-electron chi connectivity index (χ3n) is 4.72. The van der Waals surface area contributed by atoms with Crippen LogP contribution < -0.4 is 10.1 Å². The summed E-state index contributed by atoms with van der Waals surface area (Å²) in [5.74, 6) is 3.34. The highest BCUT2D eigenvalue weighted by Crippen LogP contribution is 2.38. The van der Waals surface area contributed by atoms with Crippen LogP contribution in [0.1, 0.15) is 12.5 Å². The fraction of sp³-hybridized carbons (Fsp3) is 0.227. The number of para-hydroxylation sites is 1. The summed E-state index contributed by atoms with van der Waals surface area (Å²) in [5.41, 5.74) is 4.16. The molecule has 0 radical (unpaired) electrons. The lowest BCUT2D eigenvalue weighted by Gasteiger charge is -2.18. The van der Waals surface area contributed by atoms with Gasteiger partial charge in [-0.25, -0.2) is 4.98 Å². The molecule has 1 saturated heterocycles. The number of benzene rings is 2. The Hall–Kier alpha value is -3.03. The molecular formula is C22H21N3O. The van der Waals surface area contributed by atoms with Gasteiger partial charge in [-0.15, -0.1) is 6.42 Å². The third-order valence-corrected chi connectivity index (χ3v) is 4.72. The number of imidazole rings is 1. The van der Waals surface area contributed by atoms with Crippen molar-refractivity contribution < 1.29 is 4.74 Å². The Balaban J connectivity index is 1.88. The van der Waals surface area contributed by atoms with Crippen molar-refractivity contribution in [2.75, 3.05) is 19.7 Å². The van der Waals surface area contributed by atoms with E-state index >= 15 is 0 Å². The van der Waals surface area contributed by atoms with E-state index in [0.29, 0.717) is 6.04 Å². The van der Waals surface area contributed by atoms with Crippen LogP contribution in [0, 0.1) is 12.3 Å². The number of aromatic nitrogens is 2. The summed E-state index contributed by atoms with van der Waals surface area (Å²) >= 11 is 0. The monoisotopic (exact) mass is 343 g/mol. The van der Waals surface area contributed by atoms with Crippen molar-refractivity contribution in [1.29, 1.82) is 0 Å². The van der Waals surface area contributed by atoms with Crippen molar-refractivity contribution in [1.82, 2.24) is 14.9 Å². The van der Waals surface area contributed by atoms with E-state index in [4.69, 9.17) is 16.1 Å². The maximum absolute atomic E-state index is 5.83. The van der Waals surface area contributed by atoms with Crippen LogP contribution in [-0.2, 0) is 0 Å². The molecule has 1 atom stereocenters. The van der Waals surface area contributed by atoms with Gasteiger partial charge in [-0.2, -0.15) is 0 Å². The fourth-order valence-electron chi connectivity index (χ4n) is 3.50. The van der Waals surface area contributed by atoms with Gasteiger partial charge in [-0.3, -0.25) is 0 Å². The van der Waals surface area contributed by atoms with Crippen LogP contribution in [0.15, 0.2) is 60.9 Å². The van der Waals surface area contributed by atoms with Crippen LogP contribution in [0.2, 0.25) is 0 Å². The molecule has 0 saturated carbocycles. The van der Waals surface area contributed by atoms with E-state index in [1.54, 1.807) is 0 Å². The number of ether oxygens (including phenoxy) is 1. The molecule has 4 rings (SSSR count). The number of nitrogens with zero attached hydrogens (tertiary/aromatic N) is 2. The van der Waals surface area contributed by atoms with Crippen LogP contribution in [0.4, 0.5) is 0 Å². The van der Waals surface area contributed by atoms with E-state index in [1.807, 2.05) is 42.7 Å². The number of rotatable bonds is 5. The summed E-state index contributed by atoms with van der Waals surface area (Å²) in [5, 5.41) is 3.44. The van der Waals surface area contributed by atoms with Crippen molar-refractivity contribution >= 4 is 0 Å². The summed E-state index contributed by atoms with van der Waals surface area (Å²) in [4.78, 5) is 4.77. The SMILES string of the molecule is C#CCOc1ccccc1-c1c(-c2ccccc2)ncn1[C@@H]1CCNC1. The first-order chi connectivity index (χ1) is 12.9. The van der Waals surface area contributed by atoms with Gasteiger partial charge >= 0.3 is 0 Å². The minimum Gasteiger partial charge on any atom is -0.480 e. The number of hydrogen-bond donors (Lipinski definition) is 1.